The minimum Gasteiger partial charge on any atom is -0.352 e. The van der Waals surface area contributed by atoms with Crippen molar-refractivity contribution >= 4 is 21.8 Å². The zero-order chi connectivity index (χ0) is 12.8. The van der Waals surface area contributed by atoms with Gasteiger partial charge in [-0.3, -0.25) is 4.79 Å². The van der Waals surface area contributed by atoms with Gasteiger partial charge in [0.05, 0.1) is 0 Å². The molecule has 2 N–H and O–H groups in total. The molecule has 1 saturated heterocycles. The topological polar surface area (TPSA) is 41.1 Å². The zero-order valence-corrected chi connectivity index (χ0v) is 12.0. The van der Waals surface area contributed by atoms with Gasteiger partial charge in [0, 0.05) is 16.6 Å². The first kappa shape index (κ1) is 13.6. The van der Waals surface area contributed by atoms with Gasteiger partial charge in [0.15, 0.2) is 0 Å². The van der Waals surface area contributed by atoms with E-state index in [1.54, 1.807) is 0 Å². The van der Waals surface area contributed by atoms with E-state index < -0.39 is 0 Å². The molecular formula is C14H19BrN2O. The van der Waals surface area contributed by atoms with Crippen LogP contribution in [-0.2, 0) is 0 Å². The molecule has 0 aromatic heterocycles. The van der Waals surface area contributed by atoms with E-state index in [9.17, 15) is 4.79 Å². The molecule has 3 nitrogen and oxygen atoms in total. The predicted molar refractivity (Wildman–Crippen MR) is 76.7 cm³/mol. The average molecular weight is 311 g/mol. The highest BCUT2D eigenvalue weighted by Crippen LogP contribution is 2.13. The van der Waals surface area contributed by atoms with Crippen LogP contribution in [-0.4, -0.2) is 25.5 Å². The fraction of sp³-hybridized carbons (Fsp3) is 0.500. The smallest absolute Gasteiger partial charge is 0.251 e. The number of benzene rings is 1. The molecule has 18 heavy (non-hydrogen) atoms. The summed E-state index contributed by atoms with van der Waals surface area (Å²) in [5, 5.41) is 6.38. The number of carbonyl (C=O) groups excluding carboxylic acids is 1. The van der Waals surface area contributed by atoms with Crippen LogP contribution in [0.5, 0.6) is 0 Å². The Bertz CT molecular complexity index is 385. The third-order valence-electron chi connectivity index (χ3n) is 3.34. The maximum absolute atomic E-state index is 11.9. The molecule has 1 atom stereocenters. The first-order valence-corrected chi connectivity index (χ1v) is 7.29. The van der Waals surface area contributed by atoms with Gasteiger partial charge in [-0.2, -0.15) is 0 Å². The molecule has 1 unspecified atom stereocenters. The molecule has 0 aliphatic carbocycles. The number of amides is 1. The van der Waals surface area contributed by atoms with Gasteiger partial charge in [0.2, 0.25) is 0 Å². The Morgan fingerprint density at radius 3 is 2.83 bits per heavy atom. The van der Waals surface area contributed by atoms with Crippen molar-refractivity contribution in [2.75, 3.05) is 19.6 Å². The molecule has 1 aliphatic rings. The average Bonchev–Trinajstić information content (AvgIpc) is 2.40. The predicted octanol–water partition coefficient (Wildman–Crippen LogP) is 2.57. The second-order valence-corrected chi connectivity index (χ2v) is 5.68. The summed E-state index contributed by atoms with van der Waals surface area (Å²) in [6.45, 7) is 3.00. The van der Waals surface area contributed by atoms with Crippen molar-refractivity contribution in [1.29, 1.82) is 0 Å². The third kappa shape index (κ3) is 4.10. The molecule has 1 aromatic rings. The number of rotatable bonds is 4. The Morgan fingerprint density at radius 1 is 1.39 bits per heavy atom. The maximum Gasteiger partial charge on any atom is 0.251 e. The van der Waals surface area contributed by atoms with Crippen molar-refractivity contribution in [3.8, 4) is 0 Å². The number of hydrogen-bond donors (Lipinski definition) is 2. The standard InChI is InChI=1S/C14H19BrN2O/c15-13-5-3-12(4-6-13)14(18)17-9-7-11-2-1-8-16-10-11/h3-6,11,16H,1-2,7-10H2,(H,17,18). The third-order valence-corrected chi connectivity index (χ3v) is 3.87. The van der Waals surface area contributed by atoms with Crippen LogP contribution in [0.25, 0.3) is 0 Å². The van der Waals surface area contributed by atoms with E-state index in [-0.39, 0.29) is 5.91 Å². The van der Waals surface area contributed by atoms with Gasteiger partial charge >= 0.3 is 0 Å². The number of nitrogens with one attached hydrogen (secondary N) is 2. The molecule has 1 amide bonds. The molecule has 0 spiro atoms. The lowest BCUT2D eigenvalue weighted by molar-refractivity contribution is 0.0950. The summed E-state index contributed by atoms with van der Waals surface area (Å²) < 4.78 is 0.993. The quantitative estimate of drug-likeness (QED) is 0.897. The number of carbonyl (C=O) groups is 1. The molecule has 0 saturated carbocycles. The second-order valence-electron chi connectivity index (χ2n) is 4.76. The van der Waals surface area contributed by atoms with E-state index in [1.807, 2.05) is 24.3 Å². The normalized spacial score (nSPS) is 19.5. The van der Waals surface area contributed by atoms with E-state index in [0.717, 1.165) is 36.1 Å². The van der Waals surface area contributed by atoms with Crippen molar-refractivity contribution in [2.24, 2.45) is 5.92 Å². The van der Waals surface area contributed by atoms with Crippen LogP contribution >= 0.6 is 15.9 Å². The number of halogens is 1. The fourth-order valence-electron chi connectivity index (χ4n) is 2.26. The molecule has 0 bridgehead atoms. The minimum absolute atomic E-state index is 0.0197. The Balaban J connectivity index is 1.72. The summed E-state index contributed by atoms with van der Waals surface area (Å²) in [7, 11) is 0. The molecule has 0 radical (unpaired) electrons. The summed E-state index contributed by atoms with van der Waals surface area (Å²) in [6, 6.07) is 7.45. The summed E-state index contributed by atoms with van der Waals surface area (Å²) >= 11 is 3.36. The molecule has 1 aromatic carbocycles. The lowest BCUT2D eigenvalue weighted by Gasteiger charge is -2.22. The highest BCUT2D eigenvalue weighted by atomic mass is 79.9. The number of hydrogen-bond acceptors (Lipinski definition) is 2. The molecule has 1 aliphatic heterocycles. The largest absolute Gasteiger partial charge is 0.352 e. The van der Waals surface area contributed by atoms with Crippen LogP contribution in [0.2, 0.25) is 0 Å². The summed E-state index contributed by atoms with van der Waals surface area (Å²) in [6.07, 6.45) is 3.60. The van der Waals surface area contributed by atoms with Crippen LogP contribution in [0.1, 0.15) is 29.6 Å². The first-order chi connectivity index (χ1) is 8.75. The lowest BCUT2D eigenvalue weighted by Crippen LogP contribution is -2.33. The van der Waals surface area contributed by atoms with Crippen molar-refractivity contribution in [3.63, 3.8) is 0 Å². The molecule has 1 fully saturated rings. The van der Waals surface area contributed by atoms with Crippen molar-refractivity contribution in [3.05, 3.63) is 34.3 Å². The van der Waals surface area contributed by atoms with E-state index >= 15 is 0 Å². The van der Waals surface area contributed by atoms with E-state index in [0.29, 0.717) is 5.92 Å². The Hall–Kier alpha value is -0.870. The second kappa shape index (κ2) is 6.90. The summed E-state index contributed by atoms with van der Waals surface area (Å²) in [4.78, 5) is 11.9. The Kier molecular flexibility index (Phi) is 5.20. The molecule has 98 valence electrons. The van der Waals surface area contributed by atoms with Gasteiger partial charge in [-0.05, 0) is 62.5 Å². The highest BCUT2D eigenvalue weighted by molar-refractivity contribution is 9.10. The van der Waals surface area contributed by atoms with Gasteiger partial charge in [-0.25, -0.2) is 0 Å². The van der Waals surface area contributed by atoms with Gasteiger partial charge in [-0.1, -0.05) is 15.9 Å². The van der Waals surface area contributed by atoms with E-state index in [2.05, 4.69) is 26.6 Å². The molecule has 4 heteroatoms. The Labute approximate surface area is 116 Å². The van der Waals surface area contributed by atoms with Crippen LogP contribution in [0.15, 0.2) is 28.7 Å². The molecule has 1 heterocycles. The van der Waals surface area contributed by atoms with Crippen molar-refractivity contribution in [2.45, 2.75) is 19.3 Å². The van der Waals surface area contributed by atoms with Crippen LogP contribution < -0.4 is 10.6 Å². The van der Waals surface area contributed by atoms with E-state index in [4.69, 9.17) is 0 Å². The first-order valence-electron chi connectivity index (χ1n) is 6.50. The lowest BCUT2D eigenvalue weighted by atomic mass is 9.96. The van der Waals surface area contributed by atoms with Crippen LogP contribution in [0.3, 0.4) is 0 Å². The monoisotopic (exact) mass is 310 g/mol. The van der Waals surface area contributed by atoms with Gasteiger partial charge < -0.3 is 10.6 Å². The number of piperidine rings is 1. The Morgan fingerprint density at radius 2 is 2.17 bits per heavy atom. The maximum atomic E-state index is 11.9. The zero-order valence-electron chi connectivity index (χ0n) is 10.4. The van der Waals surface area contributed by atoms with Gasteiger partial charge in [-0.15, -0.1) is 0 Å². The highest BCUT2D eigenvalue weighted by Gasteiger charge is 2.13. The van der Waals surface area contributed by atoms with Crippen molar-refractivity contribution < 1.29 is 4.79 Å². The van der Waals surface area contributed by atoms with Crippen molar-refractivity contribution in [1.82, 2.24) is 10.6 Å². The van der Waals surface area contributed by atoms with Crippen LogP contribution in [0, 0.1) is 5.92 Å². The van der Waals surface area contributed by atoms with E-state index in [1.165, 1.54) is 12.8 Å². The van der Waals surface area contributed by atoms with Crippen LogP contribution in [0.4, 0.5) is 0 Å². The van der Waals surface area contributed by atoms with Gasteiger partial charge in [0.25, 0.3) is 5.91 Å². The van der Waals surface area contributed by atoms with Gasteiger partial charge in [0.1, 0.15) is 0 Å². The molecular weight excluding hydrogens is 292 g/mol. The molecule has 2 rings (SSSR count). The SMILES string of the molecule is O=C(NCCC1CCCNC1)c1ccc(Br)cc1. The fourth-order valence-corrected chi connectivity index (χ4v) is 2.53. The minimum atomic E-state index is 0.0197. The summed E-state index contributed by atoms with van der Waals surface area (Å²) in [5.74, 6) is 0.732. The summed E-state index contributed by atoms with van der Waals surface area (Å²) in [5.41, 5.74) is 0.722.